The van der Waals surface area contributed by atoms with Crippen LogP contribution in [0.5, 0.6) is 0 Å². The van der Waals surface area contributed by atoms with Crippen molar-refractivity contribution >= 4 is 9.84 Å². The fourth-order valence-corrected chi connectivity index (χ4v) is 4.08. The molecule has 2 unspecified atom stereocenters. The van der Waals surface area contributed by atoms with Crippen LogP contribution >= 0.6 is 0 Å². The van der Waals surface area contributed by atoms with Gasteiger partial charge in [0, 0.05) is 18.1 Å². The van der Waals surface area contributed by atoms with E-state index in [-0.39, 0.29) is 0 Å². The molecule has 1 aliphatic carbocycles. The monoisotopic (exact) mass is 303 g/mol. The van der Waals surface area contributed by atoms with Crippen molar-refractivity contribution in [3.63, 3.8) is 0 Å². The number of nitrogens with one attached hydrogen (secondary N) is 1. The summed E-state index contributed by atoms with van der Waals surface area (Å²) >= 11 is 0. The van der Waals surface area contributed by atoms with Gasteiger partial charge in [-0.05, 0) is 55.9 Å². The molecule has 0 radical (unpaired) electrons. The Balaban J connectivity index is 2.53. The molecule has 4 heteroatoms. The lowest BCUT2D eigenvalue weighted by Gasteiger charge is -2.41. The lowest BCUT2D eigenvalue weighted by atomic mass is 9.66. The molecule has 120 valence electrons. The van der Waals surface area contributed by atoms with Crippen LogP contribution in [0.4, 0.5) is 0 Å². The third-order valence-corrected chi connectivity index (χ3v) is 5.58. The zero-order valence-corrected chi connectivity index (χ0v) is 14.7. The number of sulfone groups is 1. The summed E-state index contributed by atoms with van der Waals surface area (Å²) in [5.74, 6) is 1.73. The first kappa shape index (κ1) is 18.0. The quantitative estimate of drug-likeness (QED) is 0.785. The average molecular weight is 304 g/mol. The zero-order valence-electron chi connectivity index (χ0n) is 13.9. The standard InChI is InChI=1S/C16H33NO2S/c1-13(2)17-12-15-8-9-16(3,4)11-14(15)7-6-10-20(5,18)19/h13-15,17H,6-12H2,1-5H3. The summed E-state index contributed by atoms with van der Waals surface area (Å²) in [7, 11) is -2.81. The van der Waals surface area contributed by atoms with Gasteiger partial charge in [0.1, 0.15) is 9.84 Å². The molecule has 0 aromatic heterocycles. The second-order valence-electron chi connectivity index (χ2n) is 7.76. The smallest absolute Gasteiger partial charge is 0.147 e. The van der Waals surface area contributed by atoms with Crippen molar-refractivity contribution in [2.24, 2.45) is 17.3 Å². The molecule has 0 aromatic rings. The minimum atomic E-state index is -2.81. The van der Waals surface area contributed by atoms with E-state index in [1.807, 2.05) is 0 Å². The van der Waals surface area contributed by atoms with Gasteiger partial charge in [-0.2, -0.15) is 0 Å². The lowest BCUT2D eigenvalue weighted by molar-refractivity contribution is 0.108. The number of rotatable bonds is 7. The molecular weight excluding hydrogens is 270 g/mol. The van der Waals surface area contributed by atoms with Crippen LogP contribution in [0.3, 0.4) is 0 Å². The summed E-state index contributed by atoms with van der Waals surface area (Å²) in [6, 6.07) is 0.529. The minimum absolute atomic E-state index is 0.342. The summed E-state index contributed by atoms with van der Waals surface area (Å²) in [4.78, 5) is 0. The molecule has 2 atom stereocenters. The second kappa shape index (κ2) is 7.26. The lowest BCUT2D eigenvalue weighted by Crippen LogP contribution is -2.38. The van der Waals surface area contributed by atoms with E-state index in [1.54, 1.807) is 0 Å². The van der Waals surface area contributed by atoms with Crippen molar-refractivity contribution in [1.29, 1.82) is 0 Å². The van der Waals surface area contributed by atoms with Gasteiger partial charge in [-0.1, -0.05) is 27.7 Å². The van der Waals surface area contributed by atoms with Gasteiger partial charge in [-0.3, -0.25) is 0 Å². The van der Waals surface area contributed by atoms with Gasteiger partial charge >= 0.3 is 0 Å². The fraction of sp³-hybridized carbons (Fsp3) is 1.00. The molecule has 0 aliphatic heterocycles. The first-order chi connectivity index (χ1) is 9.09. The molecule has 1 aliphatic rings. The Kier molecular flexibility index (Phi) is 6.52. The molecule has 0 aromatic carbocycles. The van der Waals surface area contributed by atoms with Gasteiger partial charge in [-0.15, -0.1) is 0 Å². The maximum Gasteiger partial charge on any atom is 0.147 e. The molecule has 1 saturated carbocycles. The maximum atomic E-state index is 11.3. The summed E-state index contributed by atoms with van der Waals surface area (Å²) in [5.41, 5.74) is 0.421. The van der Waals surface area contributed by atoms with E-state index in [0.29, 0.717) is 29.0 Å². The highest BCUT2D eigenvalue weighted by atomic mass is 32.2. The van der Waals surface area contributed by atoms with Crippen LogP contribution in [0.25, 0.3) is 0 Å². The van der Waals surface area contributed by atoms with E-state index in [1.165, 1.54) is 25.5 Å². The molecule has 0 amide bonds. The Morgan fingerprint density at radius 1 is 1.25 bits per heavy atom. The zero-order chi connectivity index (χ0) is 15.4. The molecule has 1 rings (SSSR count). The van der Waals surface area contributed by atoms with Gasteiger partial charge in [-0.25, -0.2) is 8.42 Å². The van der Waals surface area contributed by atoms with E-state index in [2.05, 4.69) is 33.0 Å². The Morgan fingerprint density at radius 3 is 2.45 bits per heavy atom. The average Bonchev–Trinajstić information content (AvgIpc) is 2.25. The highest BCUT2D eigenvalue weighted by Crippen LogP contribution is 2.43. The largest absolute Gasteiger partial charge is 0.314 e. The van der Waals surface area contributed by atoms with E-state index >= 15 is 0 Å². The van der Waals surface area contributed by atoms with E-state index in [9.17, 15) is 8.42 Å². The Hall–Kier alpha value is -0.0900. The van der Waals surface area contributed by atoms with Crippen LogP contribution in [0.1, 0.15) is 59.8 Å². The molecular formula is C16H33NO2S. The van der Waals surface area contributed by atoms with Crippen molar-refractivity contribution in [2.45, 2.75) is 65.8 Å². The molecule has 0 bridgehead atoms. The predicted octanol–water partition coefficient (Wildman–Crippen LogP) is 3.25. The molecule has 3 nitrogen and oxygen atoms in total. The molecule has 0 spiro atoms. The van der Waals surface area contributed by atoms with Crippen molar-refractivity contribution in [2.75, 3.05) is 18.6 Å². The van der Waals surface area contributed by atoms with Crippen molar-refractivity contribution in [3.05, 3.63) is 0 Å². The van der Waals surface area contributed by atoms with Crippen LogP contribution in [0.15, 0.2) is 0 Å². The number of hydrogen-bond acceptors (Lipinski definition) is 3. The van der Waals surface area contributed by atoms with Crippen LogP contribution in [-0.2, 0) is 9.84 Å². The Morgan fingerprint density at radius 2 is 1.90 bits per heavy atom. The van der Waals surface area contributed by atoms with Crippen molar-refractivity contribution in [3.8, 4) is 0 Å². The van der Waals surface area contributed by atoms with Crippen LogP contribution < -0.4 is 5.32 Å². The van der Waals surface area contributed by atoms with Crippen molar-refractivity contribution < 1.29 is 8.42 Å². The summed E-state index contributed by atoms with van der Waals surface area (Å²) in [6.07, 6.45) is 7.02. The molecule has 0 saturated heterocycles. The van der Waals surface area contributed by atoms with Gasteiger partial charge < -0.3 is 5.32 Å². The normalized spacial score (nSPS) is 26.9. The van der Waals surface area contributed by atoms with Crippen LogP contribution in [0, 0.1) is 17.3 Å². The topological polar surface area (TPSA) is 46.2 Å². The molecule has 20 heavy (non-hydrogen) atoms. The summed E-state index contributed by atoms with van der Waals surface area (Å²) < 4.78 is 22.6. The SMILES string of the molecule is CC(C)NCC1CCC(C)(C)CC1CCCS(C)(=O)=O. The van der Waals surface area contributed by atoms with Crippen molar-refractivity contribution in [1.82, 2.24) is 5.32 Å². The Labute approximate surface area is 125 Å². The Bertz CT molecular complexity index is 385. The molecule has 1 N–H and O–H groups in total. The molecule has 0 heterocycles. The van der Waals surface area contributed by atoms with Crippen LogP contribution in [-0.4, -0.2) is 33.0 Å². The van der Waals surface area contributed by atoms with Gasteiger partial charge in [0.2, 0.25) is 0 Å². The van der Waals surface area contributed by atoms with E-state index in [0.717, 1.165) is 19.4 Å². The highest BCUT2D eigenvalue weighted by Gasteiger charge is 2.34. The fourth-order valence-electron chi connectivity index (χ4n) is 3.39. The summed E-state index contributed by atoms with van der Waals surface area (Å²) in [6.45, 7) is 10.2. The highest BCUT2D eigenvalue weighted by molar-refractivity contribution is 7.90. The first-order valence-corrected chi connectivity index (χ1v) is 10.1. The maximum absolute atomic E-state index is 11.3. The van der Waals surface area contributed by atoms with E-state index in [4.69, 9.17) is 0 Å². The van der Waals surface area contributed by atoms with Gasteiger partial charge in [0.05, 0.1) is 0 Å². The second-order valence-corrected chi connectivity index (χ2v) is 10.0. The van der Waals surface area contributed by atoms with Gasteiger partial charge in [0.25, 0.3) is 0 Å². The van der Waals surface area contributed by atoms with E-state index < -0.39 is 9.84 Å². The van der Waals surface area contributed by atoms with Crippen LogP contribution in [0.2, 0.25) is 0 Å². The minimum Gasteiger partial charge on any atom is -0.314 e. The number of hydrogen-bond donors (Lipinski definition) is 1. The first-order valence-electron chi connectivity index (χ1n) is 8.00. The summed E-state index contributed by atoms with van der Waals surface area (Å²) in [5, 5.41) is 3.56. The molecule has 1 fully saturated rings. The van der Waals surface area contributed by atoms with Gasteiger partial charge in [0.15, 0.2) is 0 Å². The third-order valence-electron chi connectivity index (χ3n) is 4.55. The third kappa shape index (κ3) is 7.07. The predicted molar refractivity (Wildman–Crippen MR) is 86.7 cm³/mol.